The minimum absolute atomic E-state index is 0.640. The van der Waals surface area contributed by atoms with Gasteiger partial charge in [-0.3, -0.25) is 0 Å². The summed E-state index contributed by atoms with van der Waals surface area (Å²) >= 11 is 5.97. The summed E-state index contributed by atoms with van der Waals surface area (Å²) in [6.07, 6.45) is 0. The standard InChI is InChI=1S/C30H8N4S4/c1-33-25-9-23-24-10-26(34-2)38-30(24)20-6-14-4-18-17(3-13(14)5-19(20)29(23)37-25)27-21(7-15(11-31)35-27)22-8-16(12-32)36-28(18)22/h3-10H. The summed E-state index contributed by atoms with van der Waals surface area (Å²) in [6, 6.07) is 21.2. The number of nitriles is 2. The Balaban J connectivity index is 1.60. The van der Waals surface area contributed by atoms with Crippen LogP contribution in [0.2, 0.25) is 0 Å². The van der Waals surface area contributed by atoms with Gasteiger partial charge in [-0.1, -0.05) is 0 Å². The molecule has 0 spiro atoms. The second-order valence-electron chi connectivity index (χ2n) is 8.95. The molecule has 0 saturated carbocycles. The smallest absolute Gasteiger partial charge is 0.227 e. The number of hydrogen-bond acceptors (Lipinski definition) is 6. The van der Waals surface area contributed by atoms with Crippen molar-refractivity contribution in [3.63, 3.8) is 0 Å². The third-order valence-electron chi connectivity index (χ3n) is 7.01. The van der Waals surface area contributed by atoms with Gasteiger partial charge in [0.1, 0.15) is 21.9 Å². The molecular weight excluding hydrogens is 545 g/mol. The molecule has 8 heteroatoms. The van der Waals surface area contributed by atoms with Gasteiger partial charge in [0.2, 0.25) is 10.0 Å². The number of nitrogens with zero attached hydrogens (tertiary/aromatic N) is 4. The van der Waals surface area contributed by atoms with E-state index < -0.39 is 0 Å². The second kappa shape index (κ2) is 7.50. The van der Waals surface area contributed by atoms with E-state index in [1.54, 1.807) is 0 Å². The van der Waals surface area contributed by atoms with Crippen molar-refractivity contribution >= 4 is 128 Å². The molecule has 8 rings (SSSR count). The third kappa shape index (κ3) is 2.73. The zero-order chi connectivity index (χ0) is 25.7. The first-order valence-electron chi connectivity index (χ1n) is 11.3. The summed E-state index contributed by atoms with van der Waals surface area (Å²) in [5.41, 5.74) is 0. The molecule has 0 radical (unpaired) electrons. The average Bonchev–Trinajstić information content (AvgIpc) is 3.73. The average molecular weight is 553 g/mol. The van der Waals surface area contributed by atoms with Gasteiger partial charge in [-0.25, -0.2) is 9.69 Å². The Labute approximate surface area is 230 Å². The maximum Gasteiger partial charge on any atom is 0.242 e. The highest BCUT2D eigenvalue weighted by atomic mass is 32.1. The molecule has 0 saturated heterocycles. The van der Waals surface area contributed by atoms with Gasteiger partial charge in [0.15, 0.2) is 0 Å². The molecule has 0 fully saturated rings. The van der Waals surface area contributed by atoms with E-state index in [-0.39, 0.29) is 0 Å². The minimum atomic E-state index is 0.640. The molecule has 38 heavy (non-hydrogen) atoms. The molecule has 4 nitrogen and oxygen atoms in total. The lowest BCUT2D eigenvalue weighted by atomic mass is 9.96. The first-order chi connectivity index (χ1) is 18.6. The Hall–Kier alpha value is -4.54. The first-order valence-corrected chi connectivity index (χ1v) is 14.6. The van der Waals surface area contributed by atoms with Crippen molar-refractivity contribution in [3.05, 3.63) is 81.1 Å². The predicted molar refractivity (Wildman–Crippen MR) is 162 cm³/mol. The summed E-state index contributed by atoms with van der Waals surface area (Å²) in [5, 5.41) is 31.1. The largest absolute Gasteiger partial charge is 0.242 e. The van der Waals surface area contributed by atoms with Crippen LogP contribution in [0, 0.1) is 35.8 Å². The summed E-state index contributed by atoms with van der Waals surface area (Å²) in [6.45, 7) is 15.2. The molecule has 4 aromatic carbocycles. The lowest BCUT2D eigenvalue weighted by Crippen LogP contribution is -1.81. The van der Waals surface area contributed by atoms with E-state index in [0.29, 0.717) is 19.8 Å². The van der Waals surface area contributed by atoms with E-state index in [1.165, 1.54) is 45.3 Å². The Morgan fingerprint density at radius 1 is 0.474 bits per heavy atom. The zero-order valence-corrected chi connectivity index (χ0v) is 22.3. The van der Waals surface area contributed by atoms with E-state index in [9.17, 15) is 10.5 Å². The van der Waals surface area contributed by atoms with Crippen LogP contribution in [0.5, 0.6) is 0 Å². The number of rotatable bonds is 0. The Morgan fingerprint density at radius 2 is 0.789 bits per heavy atom. The zero-order valence-electron chi connectivity index (χ0n) is 19.0. The summed E-state index contributed by atoms with van der Waals surface area (Å²) in [7, 11) is 0. The van der Waals surface area contributed by atoms with Crippen molar-refractivity contribution in [2.24, 2.45) is 0 Å². The molecule has 8 aromatic rings. The molecule has 0 bridgehead atoms. The van der Waals surface area contributed by atoms with Crippen molar-refractivity contribution < 1.29 is 0 Å². The van der Waals surface area contributed by atoms with Crippen LogP contribution in [-0.4, -0.2) is 0 Å². The molecule has 172 valence electrons. The number of thiophene rings is 4. The van der Waals surface area contributed by atoms with Crippen molar-refractivity contribution in [1.82, 2.24) is 0 Å². The molecule has 0 N–H and O–H groups in total. The maximum absolute atomic E-state index is 9.63. The molecule has 0 unspecified atom stereocenters. The van der Waals surface area contributed by atoms with E-state index in [2.05, 4.69) is 46.1 Å². The van der Waals surface area contributed by atoms with Crippen molar-refractivity contribution in [3.8, 4) is 12.1 Å². The van der Waals surface area contributed by atoms with E-state index in [0.717, 1.165) is 72.7 Å². The fraction of sp³-hybridized carbons (Fsp3) is 0. The van der Waals surface area contributed by atoms with Crippen LogP contribution in [0.1, 0.15) is 9.75 Å². The number of hydrogen-bond donors (Lipinski definition) is 0. The summed E-state index contributed by atoms with van der Waals surface area (Å²) in [4.78, 5) is 8.70. The van der Waals surface area contributed by atoms with Crippen LogP contribution in [0.3, 0.4) is 0 Å². The lowest BCUT2D eigenvalue weighted by Gasteiger charge is -2.10. The highest BCUT2D eigenvalue weighted by molar-refractivity contribution is 7.26. The highest BCUT2D eigenvalue weighted by Gasteiger charge is 2.19. The van der Waals surface area contributed by atoms with Crippen LogP contribution in [0.25, 0.3) is 82.4 Å². The Kier molecular flexibility index (Phi) is 4.25. The topological polar surface area (TPSA) is 56.3 Å². The van der Waals surface area contributed by atoms with Gasteiger partial charge in [-0.2, -0.15) is 33.2 Å². The molecule has 4 heterocycles. The Morgan fingerprint density at radius 3 is 1.13 bits per heavy atom. The van der Waals surface area contributed by atoms with Crippen molar-refractivity contribution in [2.45, 2.75) is 0 Å². The monoisotopic (exact) mass is 552 g/mol. The van der Waals surface area contributed by atoms with Crippen LogP contribution in [0.15, 0.2) is 48.5 Å². The van der Waals surface area contributed by atoms with Crippen LogP contribution in [0.4, 0.5) is 10.0 Å². The SMILES string of the molecule is [C-]#[N+]c1cc2c3cc([N+]#[C-])sc3c3cc4cc5c(cc4cc3c2s1)c1sc(C#N)cc1c1cc(C#N)sc15. The second-order valence-corrected chi connectivity index (χ2v) is 13.1. The van der Waals surface area contributed by atoms with Gasteiger partial charge in [0.25, 0.3) is 0 Å². The highest BCUT2D eigenvalue weighted by Crippen LogP contribution is 2.49. The van der Waals surface area contributed by atoms with Gasteiger partial charge in [-0.05, 0) is 70.1 Å². The van der Waals surface area contributed by atoms with Gasteiger partial charge in [0.05, 0.1) is 13.1 Å². The van der Waals surface area contributed by atoms with Crippen molar-refractivity contribution in [1.29, 1.82) is 10.5 Å². The minimum Gasteiger partial charge on any atom is -0.227 e. The van der Waals surface area contributed by atoms with Crippen LogP contribution >= 0.6 is 45.3 Å². The van der Waals surface area contributed by atoms with Crippen molar-refractivity contribution in [2.75, 3.05) is 0 Å². The van der Waals surface area contributed by atoms with Gasteiger partial charge in [-0.15, -0.1) is 22.7 Å². The molecule has 0 amide bonds. The maximum atomic E-state index is 9.63. The van der Waals surface area contributed by atoms with Gasteiger partial charge >= 0.3 is 0 Å². The molecule has 4 aromatic heterocycles. The van der Waals surface area contributed by atoms with E-state index in [1.807, 2.05) is 24.3 Å². The van der Waals surface area contributed by atoms with Crippen LogP contribution < -0.4 is 0 Å². The third-order valence-corrected chi connectivity index (χ3v) is 11.3. The van der Waals surface area contributed by atoms with Gasteiger partial charge < -0.3 is 0 Å². The van der Waals surface area contributed by atoms with E-state index >= 15 is 0 Å². The summed E-state index contributed by atoms with van der Waals surface area (Å²) < 4.78 is 4.24. The number of benzene rings is 4. The lowest BCUT2D eigenvalue weighted by molar-refractivity contribution is 1.52. The van der Waals surface area contributed by atoms with Crippen LogP contribution in [-0.2, 0) is 0 Å². The fourth-order valence-corrected chi connectivity index (χ4v) is 9.44. The Bertz CT molecular complexity index is 2210. The predicted octanol–water partition coefficient (Wildman–Crippen LogP) is 10.8. The summed E-state index contributed by atoms with van der Waals surface area (Å²) in [5.74, 6) is 0. The molecule has 0 aliphatic rings. The normalized spacial score (nSPS) is 11.6. The quantitative estimate of drug-likeness (QED) is 0.139. The molecular formula is C30H8N4S4. The molecule has 0 atom stereocenters. The first kappa shape index (κ1) is 21.5. The fourth-order valence-electron chi connectivity index (χ4n) is 5.46. The molecule has 0 aliphatic carbocycles. The van der Waals surface area contributed by atoms with Gasteiger partial charge in [0, 0.05) is 51.1 Å². The molecule has 0 aliphatic heterocycles. The van der Waals surface area contributed by atoms with E-state index in [4.69, 9.17) is 13.1 Å². The number of fused-ring (bicyclic) bond motifs is 13.